The molecule has 0 aliphatic carbocycles. The van der Waals surface area contributed by atoms with Crippen LogP contribution < -0.4 is 4.90 Å². The van der Waals surface area contributed by atoms with Crippen LogP contribution in [0.2, 0.25) is 0 Å². The standard InChI is InChI=1S/C20H23N5S/c1-4-24(15-18-8-6-5-7-9-18)19-12-10-17(11-13-19)14-21-25-16(2)22-23-20(25)26-3/h5-14H,4,15H2,1-3H3/b21-14-. The summed E-state index contributed by atoms with van der Waals surface area (Å²) < 4.78 is 1.76. The van der Waals surface area contributed by atoms with Crippen LogP contribution in [0.15, 0.2) is 64.9 Å². The van der Waals surface area contributed by atoms with Gasteiger partial charge in [0.25, 0.3) is 0 Å². The second-order valence-electron chi connectivity index (χ2n) is 5.88. The lowest BCUT2D eigenvalue weighted by Crippen LogP contribution is -2.21. The van der Waals surface area contributed by atoms with E-state index in [-0.39, 0.29) is 0 Å². The molecule has 1 heterocycles. The average molecular weight is 366 g/mol. The number of nitrogens with zero attached hydrogens (tertiary/aromatic N) is 5. The van der Waals surface area contributed by atoms with Gasteiger partial charge in [0, 0.05) is 18.8 Å². The molecule has 0 aliphatic rings. The quantitative estimate of drug-likeness (QED) is 0.465. The topological polar surface area (TPSA) is 46.3 Å². The van der Waals surface area contributed by atoms with Gasteiger partial charge in [0.1, 0.15) is 0 Å². The van der Waals surface area contributed by atoms with E-state index in [0.29, 0.717) is 0 Å². The molecule has 3 aromatic rings. The third kappa shape index (κ3) is 4.32. The summed E-state index contributed by atoms with van der Waals surface area (Å²) in [5.41, 5.74) is 3.57. The highest BCUT2D eigenvalue weighted by atomic mass is 32.2. The Morgan fingerprint density at radius 3 is 2.46 bits per heavy atom. The lowest BCUT2D eigenvalue weighted by atomic mass is 10.1. The summed E-state index contributed by atoms with van der Waals surface area (Å²) in [4.78, 5) is 2.35. The van der Waals surface area contributed by atoms with E-state index in [1.807, 2.05) is 25.5 Å². The van der Waals surface area contributed by atoms with Gasteiger partial charge in [0.15, 0.2) is 5.82 Å². The van der Waals surface area contributed by atoms with Gasteiger partial charge in [0.2, 0.25) is 5.16 Å². The van der Waals surface area contributed by atoms with Gasteiger partial charge in [-0.15, -0.1) is 10.2 Å². The SMILES string of the molecule is CCN(Cc1ccccc1)c1ccc(/C=N\n2c(C)nnc2SC)cc1. The van der Waals surface area contributed by atoms with E-state index in [0.717, 1.165) is 29.6 Å². The van der Waals surface area contributed by atoms with E-state index in [2.05, 4.69) is 75.7 Å². The Labute approximate surface area is 158 Å². The predicted molar refractivity (Wildman–Crippen MR) is 109 cm³/mol. The van der Waals surface area contributed by atoms with Crippen LogP contribution in [0.3, 0.4) is 0 Å². The zero-order chi connectivity index (χ0) is 18.4. The number of hydrogen-bond acceptors (Lipinski definition) is 5. The second-order valence-corrected chi connectivity index (χ2v) is 6.65. The molecule has 1 aromatic heterocycles. The molecular formula is C20H23N5S. The molecule has 0 fully saturated rings. The number of rotatable bonds is 7. The second kappa shape index (κ2) is 8.67. The smallest absolute Gasteiger partial charge is 0.211 e. The van der Waals surface area contributed by atoms with Crippen molar-refractivity contribution in [3.05, 3.63) is 71.5 Å². The first-order valence-electron chi connectivity index (χ1n) is 8.60. The number of benzene rings is 2. The molecule has 0 aliphatic heterocycles. The molecule has 0 atom stereocenters. The lowest BCUT2D eigenvalue weighted by molar-refractivity contribution is 0.745. The first-order chi connectivity index (χ1) is 12.7. The maximum absolute atomic E-state index is 4.50. The highest BCUT2D eigenvalue weighted by Gasteiger charge is 2.07. The molecule has 0 saturated carbocycles. The molecule has 0 bridgehead atoms. The molecule has 0 N–H and O–H groups in total. The van der Waals surface area contributed by atoms with Crippen LogP contribution in [0, 0.1) is 6.92 Å². The number of anilines is 1. The van der Waals surface area contributed by atoms with Gasteiger partial charge in [-0.1, -0.05) is 54.2 Å². The first kappa shape index (κ1) is 18.2. The van der Waals surface area contributed by atoms with Crippen molar-refractivity contribution in [2.75, 3.05) is 17.7 Å². The van der Waals surface area contributed by atoms with Crippen molar-refractivity contribution in [3.8, 4) is 0 Å². The summed E-state index contributed by atoms with van der Waals surface area (Å²) in [6.45, 7) is 5.94. The number of aryl methyl sites for hydroxylation is 1. The van der Waals surface area contributed by atoms with Gasteiger partial charge in [-0.2, -0.15) is 9.78 Å². The fourth-order valence-corrected chi connectivity index (χ4v) is 3.16. The van der Waals surface area contributed by atoms with E-state index in [1.54, 1.807) is 4.68 Å². The Hall–Kier alpha value is -2.60. The summed E-state index contributed by atoms with van der Waals surface area (Å²) in [6.07, 6.45) is 3.81. The molecule has 0 amide bonds. The zero-order valence-corrected chi connectivity index (χ0v) is 16.1. The van der Waals surface area contributed by atoms with Crippen molar-refractivity contribution in [1.82, 2.24) is 14.9 Å². The normalized spacial score (nSPS) is 11.2. The molecule has 0 saturated heterocycles. The van der Waals surface area contributed by atoms with Crippen LogP contribution in [0.25, 0.3) is 0 Å². The number of aromatic nitrogens is 3. The van der Waals surface area contributed by atoms with Gasteiger partial charge in [-0.05, 0) is 43.4 Å². The summed E-state index contributed by atoms with van der Waals surface area (Å²) in [6, 6.07) is 19.0. The van der Waals surface area contributed by atoms with Gasteiger partial charge >= 0.3 is 0 Å². The van der Waals surface area contributed by atoms with E-state index < -0.39 is 0 Å². The zero-order valence-electron chi connectivity index (χ0n) is 15.3. The molecule has 134 valence electrons. The van der Waals surface area contributed by atoms with Crippen LogP contribution in [0.4, 0.5) is 5.69 Å². The molecular weight excluding hydrogens is 342 g/mol. The molecule has 3 rings (SSSR count). The maximum atomic E-state index is 4.50. The Morgan fingerprint density at radius 2 is 1.81 bits per heavy atom. The molecule has 0 unspecified atom stereocenters. The minimum Gasteiger partial charge on any atom is -0.367 e. The number of thioether (sulfide) groups is 1. The Morgan fingerprint density at radius 1 is 1.08 bits per heavy atom. The van der Waals surface area contributed by atoms with Crippen molar-refractivity contribution >= 4 is 23.7 Å². The summed E-state index contributed by atoms with van der Waals surface area (Å²) in [7, 11) is 0. The van der Waals surface area contributed by atoms with Crippen LogP contribution >= 0.6 is 11.8 Å². The monoisotopic (exact) mass is 365 g/mol. The summed E-state index contributed by atoms with van der Waals surface area (Å²) in [5, 5.41) is 13.4. The molecule has 5 nitrogen and oxygen atoms in total. The van der Waals surface area contributed by atoms with Crippen molar-refractivity contribution in [2.24, 2.45) is 5.10 Å². The highest BCUT2D eigenvalue weighted by Crippen LogP contribution is 2.18. The third-order valence-corrected chi connectivity index (χ3v) is 4.75. The largest absolute Gasteiger partial charge is 0.367 e. The fourth-order valence-electron chi connectivity index (χ4n) is 2.68. The van der Waals surface area contributed by atoms with E-state index in [1.165, 1.54) is 23.0 Å². The molecule has 0 radical (unpaired) electrons. The van der Waals surface area contributed by atoms with Crippen LogP contribution in [0.1, 0.15) is 23.9 Å². The number of hydrogen-bond donors (Lipinski definition) is 0. The highest BCUT2D eigenvalue weighted by molar-refractivity contribution is 7.98. The fraction of sp³-hybridized carbons (Fsp3) is 0.250. The van der Waals surface area contributed by atoms with Crippen LogP contribution in [-0.2, 0) is 6.54 Å². The minimum atomic E-state index is 0.780. The molecule has 0 spiro atoms. The maximum Gasteiger partial charge on any atom is 0.211 e. The van der Waals surface area contributed by atoms with Crippen LogP contribution in [-0.4, -0.2) is 33.9 Å². The molecule has 6 heteroatoms. The Balaban J connectivity index is 1.73. The average Bonchev–Trinajstić information content (AvgIpc) is 3.05. The van der Waals surface area contributed by atoms with Crippen molar-refractivity contribution in [2.45, 2.75) is 25.5 Å². The van der Waals surface area contributed by atoms with E-state index >= 15 is 0 Å². The lowest BCUT2D eigenvalue weighted by Gasteiger charge is -2.23. The van der Waals surface area contributed by atoms with Gasteiger partial charge in [0.05, 0.1) is 6.21 Å². The third-order valence-electron chi connectivity index (χ3n) is 4.13. The molecule has 2 aromatic carbocycles. The van der Waals surface area contributed by atoms with Crippen molar-refractivity contribution in [3.63, 3.8) is 0 Å². The van der Waals surface area contributed by atoms with Gasteiger partial charge < -0.3 is 4.90 Å². The van der Waals surface area contributed by atoms with Crippen molar-refractivity contribution < 1.29 is 0 Å². The minimum absolute atomic E-state index is 0.780. The summed E-state index contributed by atoms with van der Waals surface area (Å²) in [5.74, 6) is 0.780. The van der Waals surface area contributed by atoms with Crippen LogP contribution in [0.5, 0.6) is 0 Å². The van der Waals surface area contributed by atoms with E-state index in [9.17, 15) is 0 Å². The Kier molecular flexibility index (Phi) is 6.07. The summed E-state index contributed by atoms with van der Waals surface area (Å²) >= 11 is 1.53. The van der Waals surface area contributed by atoms with Gasteiger partial charge in [-0.25, -0.2) is 0 Å². The Bertz CT molecular complexity index is 856. The van der Waals surface area contributed by atoms with E-state index in [4.69, 9.17) is 0 Å². The van der Waals surface area contributed by atoms with Crippen molar-refractivity contribution in [1.29, 1.82) is 0 Å². The van der Waals surface area contributed by atoms with Gasteiger partial charge in [-0.3, -0.25) is 0 Å². The predicted octanol–water partition coefficient (Wildman–Crippen LogP) is 4.22. The first-order valence-corrected chi connectivity index (χ1v) is 9.83. The molecule has 26 heavy (non-hydrogen) atoms.